The van der Waals surface area contributed by atoms with E-state index in [0.717, 1.165) is 0 Å². The Morgan fingerprint density at radius 3 is 2.68 bits per heavy atom. The van der Waals surface area contributed by atoms with Crippen molar-refractivity contribution >= 4 is 40.5 Å². The van der Waals surface area contributed by atoms with Gasteiger partial charge in [-0.05, 0) is 18.2 Å². The van der Waals surface area contributed by atoms with Crippen LogP contribution in [0.25, 0.3) is 0 Å². The third-order valence-electron chi connectivity index (χ3n) is 2.62. The van der Waals surface area contributed by atoms with Crippen LogP contribution in [-0.4, -0.2) is 17.4 Å². The van der Waals surface area contributed by atoms with E-state index in [1.54, 1.807) is 18.2 Å². The lowest BCUT2D eigenvalue weighted by Crippen LogP contribution is -2.20. The van der Waals surface area contributed by atoms with Crippen molar-refractivity contribution in [2.45, 2.75) is 0 Å². The molecule has 0 bridgehead atoms. The largest absolute Gasteiger partial charge is 0.484 e. The molecular weight excluding hydrogens is 331 g/mol. The molecule has 8 heteroatoms. The van der Waals surface area contributed by atoms with Crippen LogP contribution in [0, 0.1) is 10.1 Å². The van der Waals surface area contributed by atoms with Gasteiger partial charge in [-0.15, -0.1) is 0 Å². The summed E-state index contributed by atoms with van der Waals surface area (Å²) in [4.78, 5) is 21.9. The van der Waals surface area contributed by atoms with Crippen molar-refractivity contribution in [2.24, 2.45) is 0 Å². The van der Waals surface area contributed by atoms with Crippen molar-refractivity contribution in [3.63, 3.8) is 0 Å². The van der Waals surface area contributed by atoms with Crippen LogP contribution in [-0.2, 0) is 4.79 Å². The predicted octanol–water partition coefficient (Wildman–Crippen LogP) is 3.92. The maximum Gasteiger partial charge on any atom is 0.273 e. The van der Waals surface area contributed by atoms with Gasteiger partial charge in [-0.3, -0.25) is 14.9 Å². The Balaban J connectivity index is 1.97. The summed E-state index contributed by atoms with van der Waals surface area (Å²) in [5.74, 6) is -0.239. The fourth-order valence-electron chi connectivity index (χ4n) is 1.62. The Labute approximate surface area is 135 Å². The summed E-state index contributed by atoms with van der Waals surface area (Å²) in [5, 5.41) is 13.7. The number of amides is 1. The lowest BCUT2D eigenvalue weighted by molar-refractivity contribution is -0.384. The van der Waals surface area contributed by atoms with E-state index < -0.39 is 10.8 Å². The second kappa shape index (κ2) is 7.11. The third kappa shape index (κ3) is 4.09. The number of non-ortho nitro benzene ring substituents is 1. The van der Waals surface area contributed by atoms with Crippen LogP contribution in [0.5, 0.6) is 5.75 Å². The summed E-state index contributed by atoms with van der Waals surface area (Å²) in [6.07, 6.45) is 0. The molecule has 1 amide bonds. The minimum atomic E-state index is -0.543. The molecule has 6 nitrogen and oxygen atoms in total. The first-order valence-corrected chi connectivity index (χ1v) is 6.84. The number of carbonyl (C=O) groups is 1. The lowest BCUT2D eigenvalue weighted by Gasteiger charge is -2.09. The molecule has 0 saturated heterocycles. The van der Waals surface area contributed by atoms with E-state index in [0.29, 0.717) is 10.7 Å². The molecule has 2 aromatic rings. The number of hydrogen-bond acceptors (Lipinski definition) is 4. The van der Waals surface area contributed by atoms with Crippen LogP contribution in [0.4, 0.5) is 11.4 Å². The summed E-state index contributed by atoms with van der Waals surface area (Å²) in [6.45, 7) is -0.315. The molecule has 0 heterocycles. The fourth-order valence-corrected chi connectivity index (χ4v) is 1.97. The van der Waals surface area contributed by atoms with Crippen LogP contribution in [0.3, 0.4) is 0 Å². The van der Waals surface area contributed by atoms with Crippen LogP contribution in [0.15, 0.2) is 42.5 Å². The molecule has 22 heavy (non-hydrogen) atoms. The number of nitrogens with zero attached hydrogens (tertiary/aromatic N) is 1. The Morgan fingerprint density at radius 1 is 1.23 bits per heavy atom. The molecule has 0 aliphatic carbocycles. The highest BCUT2D eigenvalue weighted by Crippen LogP contribution is 2.29. The molecule has 0 saturated carbocycles. The van der Waals surface area contributed by atoms with E-state index in [-0.39, 0.29) is 23.1 Å². The number of anilines is 1. The quantitative estimate of drug-likeness (QED) is 0.660. The third-order valence-corrected chi connectivity index (χ3v) is 3.44. The van der Waals surface area contributed by atoms with Gasteiger partial charge >= 0.3 is 0 Å². The number of nitro benzene ring substituents is 1. The molecule has 0 atom stereocenters. The molecule has 2 rings (SSSR count). The maximum atomic E-state index is 11.8. The van der Waals surface area contributed by atoms with Crippen LogP contribution in [0.2, 0.25) is 10.0 Å². The summed E-state index contributed by atoms with van der Waals surface area (Å²) in [7, 11) is 0. The molecule has 0 unspecified atom stereocenters. The van der Waals surface area contributed by atoms with Crippen LogP contribution in [0.1, 0.15) is 0 Å². The molecule has 0 fully saturated rings. The molecule has 0 radical (unpaired) electrons. The van der Waals surface area contributed by atoms with Crippen molar-refractivity contribution < 1.29 is 14.5 Å². The highest BCUT2D eigenvalue weighted by Gasteiger charge is 2.10. The van der Waals surface area contributed by atoms with E-state index >= 15 is 0 Å². The first-order valence-electron chi connectivity index (χ1n) is 6.08. The summed E-state index contributed by atoms with van der Waals surface area (Å²) < 4.78 is 5.21. The van der Waals surface area contributed by atoms with E-state index in [4.69, 9.17) is 27.9 Å². The Bertz CT molecular complexity index is 722. The smallest absolute Gasteiger partial charge is 0.273 e. The molecular formula is C14H10Cl2N2O4. The number of nitrogens with one attached hydrogen (secondary N) is 1. The zero-order chi connectivity index (χ0) is 16.1. The van der Waals surface area contributed by atoms with Gasteiger partial charge in [-0.2, -0.15) is 0 Å². The van der Waals surface area contributed by atoms with Gasteiger partial charge in [-0.1, -0.05) is 35.3 Å². The standard InChI is InChI=1S/C14H10Cl2N2O4/c15-11-5-2-6-12(14(11)16)17-13(19)8-22-10-4-1-3-9(7-10)18(20)21/h1-7H,8H2,(H,17,19). The molecule has 2 aromatic carbocycles. The van der Waals surface area contributed by atoms with Gasteiger partial charge in [0, 0.05) is 6.07 Å². The number of ether oxygens (including phenoxy) is 1. The van der Waals surface area contributed by atoms with E-state index in [1.165, 1.54) is 24.3 Å². The second-order valence-electron chi connectivity index (χ2n) is 4.19. The Hall–Kier alpha value is -2.31. The number of hydrogen-bond donors (Lipinski definition) is 1. The van der Waals surface area contributed by atoms with Gasteiger partial charge in [0.25, 0.3) is 11.6 Å². The minimum Gasteiger partial charge on any atom is -0.484 e. The lowest BCUT2D eigenvalue weighted by atomic mass is 10.3. The SMILES string of the molecule is O=C(COc1cccc([N+](=O)[O-])c1)Nc1cccc(Cl)c1Cl. The van der Waals surface area contributed by atoms with E-state index in [1.807, 2.05) is 0 Å². The number of benzene rings is 2. The maximum absolute atomic E-state index is 11.8. The van der Waals surface area contributed by atoms with Crippen molar-refractivity contribution in [1.29, 1.82) is 0 Å². The molecule has 1 N–H and O–H groups in total. The number of halogens is 2. The first kappa shape index (κ1) is 16.1. The van der Waals surface area contributed by atoms with E-state index in [9.17, 15) is 14.9 Å². The van der Waals surface area contributed by atoms with Gasteiger partial charge in [0.1, 0.15) is 5.75 Å². The van der Waals surface area contributed by atoms with Gasteiger partial charge in [0.2, 0.25) is 0 Å². The molecule has 114 valence electrons. The first-order chi connectivity index (χ1) is 10.5. The van der Waals surface area contributed by atoms with Crippen molar-refractivity contribution in [2.75, 3.05) is 11.9 Å². The second-order valence-corrected chi connectivity index (χ2v) is 4.98. The molecule has 0 aromatic heterocycles. The van der Waals surface area contributed by atoms with Crippen molar-refractivity contribution in [3.05, 3.63) is 62.6 Å². The average molecular weight is 341 g/mol. The van der Waals surface area contributed by atoms with Crippen LogP contribution < -0.4 is 10.1 Å². The number of carbonyl (C=O) groups excluding carboxylic acids is 1. The van der Waals surface area contributed by atoms with Crippen molar-refractivity contribution in [1.82, 2.24) is 0 Å². The number of rotatable bonds is 5. The highest BCUT2D eigenvalue weighted by molar-refractivity contribution is 6.43. The van der Waals surface area contributed by atoms with Gasteiger partial charge < -0.3 is 10.1 Å². The average Bonchev–Trinajstić information content (AvgIpc) is 2.50. The normalized spacial score (nSPS) is 10.1. The molecule has 0 spiro atoms. The minimum absolute atomic E-state index is 0.115. The summed E-state index contributed by atoms with van der Waals surface area (Å²) in [5.41, 5.74) is 0.248. The van der Waals surface area contributed by atoms with Crippen LogP contribution >= 0.6 is 23.2 Å². The molecule has 0 aliphatic heterocycles. The summed E-state index contributed by atoms with van der Waals surface area (Å²) in [6, 6.07) is 10.4. The monoisotopic (exact) mass is 340 g/mol. The zero-order valence-electron chi connectivity index (χ0n) is 11.1. The predicted molar refractivity (Wildman–Crippen MR) is 83.7 cm³/mol. The van der Waals surface area contributed by atoms with Crippen molar-refractivity contribution in [3.8, 4) is 5.75 Å². The fraction of sp³-hybridized carbons (Fsp3) is 0.0714. The molecule has 0 aliphatic rings. The highest BCUT2D eigenvalue weighted by atomic mass is 35.5. The van der Waals surface area contributed by atoms with Gasteiger partial charge in [0.15, 0.2) is 6.61 Å². The zero-order valence-corrected chi connectivity index (χ0v) is 12.6. The van der Waals surface area contributed by atoms with E-state index in [2.05, 4.69) is 5.32 Å². The summed E-state index contributed by atoms with van der Waals surface area (Å²) >= 11 is 11.8. The van der Waals surface area contributed by atoms with Gasteiger partial charge in [-0.25, -0.2) is 0 Å². The topological polar surface area (TPSA) is 81.5 Å². The Kier molecular flexibility index (Phi) is 5.19. The Morgan fingerprint density at radius 2 is 1.95 bits per heavy atom. The number of nitro groups is 1. The van der Waals surface area contributed by atoms with Gasteiger partial charge in [0.05, 0.1) is 26.7 Å².